The number of esters is 1. The molecule has 128 valence electrons. The van der Waals surface area contributed by atoms with E-state index in [2.05, 4.69) is 9.88 Å². The van der Waals surface area contributed by atoms with E-state index >= 15 is 0 Å². The van der Waals surface area contributed by atoms with Gasteiger partial charge in [-0.15, -0.1) is 0 Å². The number of hydrogen-bond donors (Lipinski definition) is 1. The van der Waals surface area contributed by atoms with Gasteiger partial charge in [-0.1, -0.05) is 17.7 Å². The number of aryl methyl sites for hydroxylation is 1. The zero-order valence-corrected chi connectivity index (χ0v) is 15.0. The number of benzene rings is 1. The van der Waals surface area contributed by atoms with Gasteiger partial charge < -0.3 is 14.6 Å². The van der Waals surface area contributed by atoms with Crippen LogP contribution >= 0.6 is 11.6 Å². The predicted molar refractivity (Wildman–Crippen MR) is 94.7 cm³/mol. The van der Waals surface area contributed by atoms with Crippen LogP contribution in [0.15, 0.2) is 30.3 Å². The van der Waals surface area contributed by atoms with E-state index in [0.717, 1.165) is 11.4 Å². The Labute approximate surface area is 146 Å². The van der Waals surface area contributed by atoms with Gasteiger partial charge in [0.1, 0.15) is 0 Å². The molecule has 0 aliphatic heterocycles. The third-order valence-corrected chi connectivity index (χ3v) is 3.90. The molecule has 0 radical (unpaired) electrons. The molecule has 6 heteroatoms. The van der Waals surface area contributed by atoms with Crippen LogP contribution in [0.2, 0.25) is 5.02 Å². The summed E-state index contributed by atoms with van der Waals surface area (Å²) in [5.41, 5.74) is 2.86. The van der Waals surface area contributed by atoms with Crippen molar-refractivity contribution < 1.29 is 14.3 Å². The molecule has 1 aromatic heterocycles. The van der Waals surface area contributed by atoms with Gasteiger partial charge in [0, 0.05) is 28.1 Å². The Morgan fingerprint density at radius 1 is 1.25 bits per heavy atom. The van der Waals surface area contributed by atoms with Crippen molar-refractivity contribution in [3.05, 3.63) is 52.3 Å². The zero-order valence-electron chi connectivity index (χ0n) is 14.2. The molecule has 1 N–H and O–H groups in total. The number of rotatable bonds is 5. The lowest BCUT2D eigenvalue weighted by Crippen LogP contribution is -2.21. The van der Waals surface area contributed by atoms with Crippen molar-refractivity contribution in [1.29, 1.82) is 0 Å². The Morgan fingerprint density at radius 3 is 2.54 bits per heavy atom. The topological polar surface area (TPSA) is 60.3 Å². The van der Waals surface area contributed by atoms with Crippen LogP contribution < -0.4 is 5.32 Å². The van der Waals surface area contributed by atoms with Gasteiger partial charge in [0.15, 0.2) is 6.61 Å². The molecule has 0 atom stereocenters. The molecule has 0 saturated heterocycles. The maximum absolute atomic E-state index is 12.2. The Morgan fingerprint density at radius 2 is 1.96 bits per heavy atom. The number of nitrogens with one attached hydrogen (secondary N) is 1. The minimum absolute atomic E-state index is 0.248. The third kappa shape index (κ3) is 4.17. The van der Waals surface area contributed by atoms with Crippen molar-refractivity contribution in [2.75, 3.05) is 11.9 Å². The van der Waals surface area contributed by atoms with Gasteiger partial charge in [0.2, 0.25) is 0 Å². The van der Waals surface area contributed by atoms with Crippen LogP contribution in [0.3, 0.4) is 0 Å². The first kappa shape index (κ1) is 18.1. The van der Waals surface area contributed by atoms with E-state index in [1.807, 2.05) is 27.7 Å². The van der Waals surface area contributed by atoms with E-state index in [9.17, 15) is 9.59 Å². The molecule has 2 rings (SSSR count). The van der Waals surface area contributed by atoms with Crippen LogP contribution in [0.5, 0.6) is 0 Å². The SMILES string of the molecule is Cc1cc(C(=O)OCC(=O)Nc2cccc(Cl)c2)c(C)n1C(C)C. The van der Waals surface area contributed by atoms with E-state index in [1.54, 1.807) is 30.3 Å². The van der Waals surface area contributed by atoms with Gasteiger partial charge in [-0.05, 0) is 52.0 Å². The summed E-state index contributed by atoms with van der Waals surface area (Å²) in [6, 6.07) is 8.80. The minimum atomic E-state index is -0.503. The summed E-state index contributed by atoms with van der Waals surface area (Å²) in [5.74, 6) is -0.917. The van der Waals surface area contributed by atoms with E-state index in [-0.39, 0.29) is 12.6 Å². The summed E-state index contributed by atoms with van der Waals surface area (Å²) < 4.78 is 7.18. The number of carbonyl (C=O) groups excluding carboxylic acids is 2. The van der Waals surface area contributed by atoms with Crippen LogP contribution in [0.25, 0.3) is 0 Å². The number of ether oxygens (including phenoxy) is 1. The average molecular weight is 349 g/mol. The fraction of sp³-hybridized carbons (Fsp3) is 0.333. The van der Waals surface area contributed by atoms with Crippen LogP contribution in [0, 0.1) is 13.8 Å². The molecule has 0 fully saturated rings. The summed E-state index contributed by atoms with van der Waals surface area (Å²) >= 11 is 5.86. The zero-order chi connectivity index (χ0) is 17.9. The molecule has 0 unspecified atom stereocenters. The van der Waals surface area contributed by atoms with Gasteiger partial charge in [-0.2, -0.15) is 0 Å². The molecule has 2 aromatic rings. The molecule has 1 heterocycles. The molecule has 0 saturated carbocycles. The second-order valence-electron chi connectivity index (χ2n) is 5.88. The van der Waals surface area contributed by atoms with Gasteiger partial charge in [0.25, 0.3) is 5.91 Å². The minimum Gasteiger partial charge on any atom is -0.452 e. The Balaban J connectivity index is 1.98. The molecule has 24 heavy (non-hydrogen) atoms. The van der Waals surface area contributed by atoms with Gasteiger partial charge >= 0.3 is 5.97 Å². The van der Waals surface area contributed by atoms with Gasteiger partial charge in [0.05, 0.1) is 5.56 Å². The standard InChI is InChI=1S/C18H21ClN2O3/c1-11(2)21-12(3)8-16(13(21)4)18(23)24-10-17(22)20-15-7-5-6-14(19)9-15/h5-9,11H,10H2,1-4H3,(H,20,22). The van der Waals surface area contributed by atoms with Crippen molar-refractivity contribution in [2.45, 2.75) is 33.7 Å². The summed E-state index contributed by atoms with van der Waals surface area (Å²) in [6.45, 7) is 7.56. The number of anilines is 1. The van der Waals surface area contributed by atoms with E-state index < -0.39 is 11.9 Å². The highest BCUT2D eigenvalue weighted by atomic mass is 35.5. The Bertz CT molecular complexity index is 766. The number of aromatic nitrogens is 1. The van der Waals surface area contributed by atoms with Crippen molar-refractivity contribution in [2.24, 2.45) is 0 Å². The van der Waals surface area contributed by atoms with Gasteiger partial charge in [-0.25, -0.2) is 4.79 Å². The number of carbonyl (C=O) groups is 2. The van der Waals surface area contributed by atoms with Crippen LogP contribution in [-0.4, -0.2) is 23.1 Å². The molecule has 1 amide bonds. The highest BCUT2D eigenvalue weighted by Gasteiger charge is 2.19. The first-order valence-corrected chi connectivity index (χ1v) is 8.08. The van der Waals surface area contributed by atoms with E-state index in [4.69, 9.17) is 16.3 Å². The monoisotopic (exact) mass is 348 g/mol. The van der Waals surface area contributed by atoms with Crippen LogP contribution in [-0.2, 0) is 9.53 Å². The number of nitrogens with zero attached hydrogens (tertiary/aromatic N) is 1. The van der Waals surface area contributed by atoms with Crippen molar-refractivity contribution >= 4 is 29.2 Å². The largest absolute Gasteiger partial charge is 0.452 e. The van der Waals surface area contributed by atoms with Crippen molar-refractivity contribution in [1.82, 2.24) is 4.57 Å². The predicted octanol–water partition coefficient (Wildman–Crippen LogP) is 4.13. The van der Waals surface area contributed by atoms with E-state index in [0.29, 0.717) is 16.3 Å². The molecular formula is C18H21ClN2O3. The molecule has 0 spiro atoms. The lowest BCUT2D eigenvalue weighted by atomic mass is 10.2. The average Bonchev–Trinajstić information content (AvgIpc) is 2.79. The summed E-state index contributed by atoms with van der Waals surface area (Å²) in [6.07, 6.45) is 0. The second kappa shape index (κ2) is 7.53. The maximum Gasteiger partial charge on any atom is 0.340 e. The number of amides is 1. The first-order valence-electron chi connectivity index (χ1n) is 7.70. The Hall–Kier alpha value is -2.27. The molecule has 0 bridgehead atoms. The summed E-state index contributed by atoms with van der Waals surface area (Å²) in [5, 5.41) is 3.15. The normalized spacial score (nSPS) is 10.8. The third-order valence-electron chi connectivity index (χ3n) is 3.66. The quantitative estimate of drug-likeness (QED) is 0.826. The molecule has 1 aromatic carbocycles. The van der Waals surface area contributed by atoms with Crippen LogP contribution in [0.1, 0.15) is 41.6 Å². The Kier molecular flexibility index (Phi) is 5.67. The van der Waals surface area contributed by atoms with Crippen molar-refractivity contribution in [3.63, 3.8) is 0 Å². The summed E-state index contributed by atoms with van der Waals surface area (Å²) in [4.78, 5) is 24.1. The fourth-order valence-electron chi connectivity index (χ4n) is 2.75. The fourth-order valence-corrected chi connectivity index (χ4v) is 2.94. The van der Waals surface area contributed by atoms with Gasteiger partial charge in [-0.3, -0.25) is 4.79 Å². The lowest BCUT2D eigenvalue weighted by molar-refractivity contribution is -0.119. The summed E-state index contributed by atoms with van der Waals surface area (Å²) in [7, 11) is 0. The number of hydrogen-bond acceptors (Lipinski definition) is 3. The number of halogens is 1. The highest BCUT2D eigenvalue weighted by Crippen LogP contribution is 2.21. The van der Waals surface area contributed by atoms with Crippen LogP contribution in [0.4, 0.5) is 5.69 Å². The smallest absolute Gasteiger partial charge is 0.340 e. The molecule has 5 nitrogen and oxygen atoms in total. The first-order chi connectivity index (χ1) is 11.3. The molecule has 0 aliphatic rings. The molecular weight excluding hydrogens is 328 g/mol. The lowest BCUT2D eigenvalue weighted by Gasteiger charge is -2.13. The van der Waals surface area contributed by atoms with E-state index in [1.165, 1.54) is 0 Å². The maximum atomic E-state index is 12.2. The molecule has 0 aliphatic carbocycles. The second-order valence-corrected chi connectivity index (χ2v) is 6.32. The van der Waals surface area contributed by atoms with Crippen molar-refractivity contribution in [3.8, 4) is 0 Å². The highest BCUT2D eigenvalue weighted by molar-refractivity contribution is 6.30.